The van der Waals surface area contributed by atoms with E-state index in [2.05, 4.69) is 29.0 Å². The van der Waals surface area contributed by atoms with Gasteiger partial charge in [0.25, 0.3) is 5.91 Å². The Hall–Kier alpha value is -3.64. The number of carbonyl (C=O) groups excluding carboxylic acids is 1. The molecule has 4 rings (SSSR count). The number of carbonyl (C=O) groups is 1. The Morgan fingerprint density at radius 1 is 0.938 bits per heavy atom. The van der Waals surface area contributed by atoms with Gasteiger partial charge in [-0.05, 0) is 61.6 Å². The molecule has 0 bridgehead atoms. The predicted molar refractivity (Wildman–Crippen MR) is 130 cm³/mol. The lowest BCUT2D eigenvalue weighted by Crippen LogP contribution is -2.27. The smallest absolute Gasteiger partial charge is 0.257 e. The number of aromatic nitrogens is 1. The van der Waals surface area contributed by atoms with Gasteiger partial charge in [-0.25, -0.2) is 0 Å². The highest BCUT2D eigenvalue weighted by Gasteiger charge is 2.14. The number of anilines is 1. The Bertz CT molecular complexity index is 1290. The third-order valence-corrected chi connectivity index (χ3v) is 5.67. The fraction of sp³-hybridized carbons (Fsp3) is 0.231. The molecule has 0 spiro atoms. The molecule has 0 unspecified atom stereocenters. The SMILES string of the molecule is CCN(CC)CCOc1ccc(NC(=O)c2cccc3c(=O)c4ccccc4[nH]c23)cc1. The van der Waals surface area contributed by atoms with Crippen LogP contribution in [0.1, 0.15) is 24.2 Å². The lowest BCUT2D eigenvalue weighted by atomic mass is 10.1. The number of hydrogen-bond acceptors (Lipinski definition) is 4. The fourth-order valence-electron chi connectivity index (χ4n) is 3.80. The maximum Gasteiger partial charge on any atom is 0.257 e. The molecule has 0 fully saturated rings. The Labute approximate surface area is 186 Å². The van der Waals surface area contributed by atoms with Crippen LogP contribution in [0.3, 0.4) is 0 Å². The highest BCUT2D eigenvalue weighted by Crippen LogP contribution is 2.21. The molecular formula is C26H27N3O3. The first-order valence-electron chi connectivity index (χ1n) is 10.9. The first-order valence-corrected chi connectivity index (χ1v) is 10.9. The van der Waals surface area contributed by atoms with Gasteiger partial charge >= 0.3 is 0 Å². The summed E-state index contributed by atoms with van der Waals surface area (Å²) in [6, 6.07) is 19.8. The van der Waals surface area contributed by atoms with Crippen molar-refractivity contribution in [2.45, 2.75) is 13.8 Å². The van der Waals surface area contributed by atoms with E-state index in [1.54, 1.807) is 24.3 Å². The van der Waals surface area contributed by atoms with Crippen molar-refractivity contribution >= 4 is 33.4 Å². The number of rotatable bonds is 8. The molecule has 6 heteroatoms. The molecule has 0 saturated heterocycles. The van der Waals surface area contributed by atoms with E-state index in [1.165, 1.54) is 0 Å². The molecule has 1 aromatic heterocycles. The van der Waals surface area contributed by atoms with Gasteiger partial charge in [0.1, 0.15) is 12.4 Å². The van der Waals surface area contributed by atoms with Gasteiger partial charge in [0.2, 0.25) is 0 Å². The quantitative estimate of drug-likeness (QED) is 0.400. The minimum absolute atomic E-state index is 0.0878. The zero-order chi connectivity index (χ0) is 22.5. The number of benzene rings is 3. The molecule has 0 aliphatic rings. The lowest BCUT2D eigenvalue weighted by Gasteiger charge is -2.18. The second-order valence-electron chi connectivity index (χ2n) is 7.58. The van der Waals surface area contributed by atoms with Crippen molar-refractivity contribution in [1.29, 1.82) is 0 Å². The minimum Gasteiger partial charge on any atom is -0.492 e. The number of likely N-dealkylation sites (N-methyl/N-ethyl adjacent to an activating group) is 1. The Kier molecular flexibility index (Phi) is 6.52. The summed E-state index contributed by atoms with van der Waals surface area (Å²) in [6.45, 7) is 7.76. The zero-order valence-electron chi connectivity index (χ0n) is 18.4. The monoisotopic (exact) mass is 429 g/mol. The lowest BCUT2D eigenvalue weighted by molar-refractivity contribution is 0.102. The summed E-state index contributed by atoms with van der Waals surface area (Å²) in [6.07, 6.45) is 0. The van der Waals surface area contributed by atoms with Crippen molar-refractivity contribution in [3.8, 4) is 5.75 Å². The van der Waals surface area contributed by atoms with Crippen LogP contribution in [0, 0.1) is 0 Å². The second kappa shape index (κ2) is 9.66. The van der Waals surface area contributed by atoms with E-state index in [0.717, 1.165) is 25.4 Å². The molecular weight excluding hydrogens is 402 g/mol. The number of amides is 1. The molecule has 3 aromatic carbocycles. The van der Waals surface area contributed by atoms with E-state index in [-0.39, 0.29) is 11.3 Å². The van der Waals surface area contributed by atoms with Crippen LogP contribution in [0.15, 0.2) is 71.5 Å². The van der Waals surface area contributed by atoms with Crippen molar-refractivity contribution in [3.05, 3.63) is 82.5 Å². The highest BCUT2D eigenvalue weighted by molar-refractivity contribution is 6.13. The normalized spacial score (nSPS) is 11.2. The van der Waals surface area contributed by atoms with Crippen molar-refractivity contribution < 1.29 is 9.53 Å². The summed E-state index contributed by atoms with van der Waals surface area (Å²) in [5.41, 5.74) is 2.23. The van der Waals surface area contributed by atoms with Gasteiger partial charge in [0, 0.05) is 28.5 Å². The Balaban J connectivity index is 1.51. The zero-order valence-corrected chi connectivity index (χ0v) is 18.4. The van der Waals surface area contributed by atoms with Crippen LogP contribution in [0.5, 0.6) is 5.75 Å². The molecule has 164 valence electrons. The van der Waals surface area contributed by atoms with Crippen LogP contribution in [0.25, 0.3) is 21.8 Å². The van der Waals surface area contributed by atoms with Gasteiger partial charge in [-0.15, -0.1) is 0 Å². The van der Waals surface area contributed by atoms with E-state index in [0.29, 0.717) is 39.7 Å². The number of H-pyrrole nitrogens is 1. The van der Waals surface area contributed by atoms with Gasteiger partial charge in [-0.3, -0.25) is 9.59 Å². The van der Waals surface area contributed by atoms with Crippen molar-refractivity contribution in [2.24, 2.45) is 0 Å². The van der Waals surface area contributed by atoms with Gasteiger partial charge in [-0.1, -0.05) is 32.0 Å². The van der Waals surface area contributed by atoms with Crippen molar-refractivity contribution in [1.82, 2.24) is 9.88 Å². The predicted octanol–water partition coefficient (Wildman–Crippen LogP) is 4.65. The molecule has 0 aliphatic heterocycles. The Morgan fingerprint density at radius 2 is 1.66 bits per heavy atom. The number of pyridine rings is 1. The average Bonchev–Trinajstić information content (AvgIpc) is 2.83. The third kappa shape index (κ3) is 4.50. The van der Waals surface area contributed by atoms with Crippen LogP contribution in [-0.2, 0) is 0 Å². The fourth-order valence-corrected chi connectivity index (χ4v) is 3.80. The first-order chi connectivity index (χ1) is 15.6. The number of hydrogen-bond donors (Lipinski definition) is 2. The van der Waals surface area contributed by atoms with Crippen LogP contribution in [0.4, 0.5) is 5.69 Å². The van der Waals surface area contributed by atoms with Crippen LogP contribution in [-0.4, -0.2) is 42.0 Å². The topological polar surface area (TPSA) is 74.4 Å². The molecule has 0 atom stereocenters. The summed E-state index contributed by atoms with van der Waals surface area (Å²) in [7, 11) is 0. The largest absolute Gasteiger partial charge is 0.492 e. The minimum atomic E-state index is -0.281. The number of para-hydroxylation sites is 2. The summed E-state index contributed by atoms with van der Waals surface area (Å²) < 4.78 is 5.80. The molecule has 1 heterocycles. The molecule has 4 aromatic rings. The average molecular weight is 430 g/mol. The second-order valence-corrected chi connectivity index (χ2v) is 7.58. The summed E-state index contributed by atoms with van der Waals surface area (Å²) in [5.74, 6) is 0.479. The molecule has 32 heavy (non-hydrogen) atoms. The number of aromatic amines is 1. The van der Waals surface area contributed by atoms with E-state index in [9.17, 15) is 9.59 Å². The first kappa shape index (κ1) is 21.6. The van der Waals surface area contributed by atoms with Crippen molar-refractivity contribution in [3.63, 3.8) is 0 Å². The van der Waals surface area contributed by atoms with E-state index < -0.39 is 0 Å². The maximum absolute atomic E-state index is 13.0. The van der Waals surface area contributed by atoms with Crippen LogP contribution >= 0.6 is 0 Å². The number of fused-ring (bicyclic) bond motifs is 2. The van der Waals surface area contributed by atoms with Crippen LogP contribution < -0.4 is 15.5 Å². The van der Waals surface area contributed by atoms with E-state index >= 15 is 0 Å². The molecule has 0 radical (unpaired) electrons. The molecule has 0 aliphatic carbocycles. The maximum atomic E-state index is 13.0. The summed E-state index contributed by atoms with van der Waals surface area (Å²) in [5, 5.41) is 4.01. The number of nitrogens with one attached hydrogen (secondary N) is 2. The molecule has 6 nitrogen and oxygen atoms in total. The summed E-state index contributed by atoms with van der Waals surface area (Å²) in [4.78, 5) is 31.4. The van der Waals surface area contributed by atoms with Gasteiger partial charge < -0.3 is 19.9 Å². The molecule has 2 N–H and O–H groups in total. The Morgan fingerprint density at radius 3 is 2.41 bits per heavy atom. The number of ether oxygens (including phenoxy) is 1. The van der Waals surface area contributed by atoms with E-state index in [1.807, 2.05) is 42.5 Å². The molecule has 1 amide bonds. The van der Waals surface area contributed by atoms with Crippen LogP contribution in [0.2, 0.25) is 0 Å². The van der Waals surface area contributed by atoms with Gasteiger partial charge in [0.05, 0.1) is 11.1 Å². The summed E-state index contributed by atoms with van der Waals surface area (Å²) >= 11 is 0. The number of nitrogens with zero attached hydrogens (tertiary/aromatic N) is 1. The van der Waals surface area contributed by atoms with Gasteiger partial charge in [0.15, 0.2) is 5.43 Å². The van der Waals surface area contributed by atoms with E-state index in [4.69, 9.17) is 4.74 Å². The van der Waals surface area contributed by atoms with Gasteiger partial charge in [-0.2, -0.15) is 0 Å². The highest BCUT2D eigenvalue weighted by atomic mass is 16.5. The van der Waals surface area contributed by atoms with Crippen molar-refractivity contribution in [2.75, 3.05) is 31.6 Å². The molecule has 0 saturated carbocycles. The standard InChI is InChI=1S/C26H27N3O3/c1-3-29(4-2)16-17-32-19-14-12-18(13-15-19)27-26(31)22-10-7-9-21-24(22)28-23-11-6-5-8-20(23)25(21)30/h5-15H,3-4,16-17H2,1-2H3,(H,27,31)(H,28,30). The third-order valence-electron chi connectivity index (χ3n) is 5.67.